The number of benzene rings is 2. The summed E-state index contributed by atoms with van der Waals surface area (Å²) in [5.41, 5.74) is 3.36. The molecule has 2 aromatic rings. The molecule has 5 nitrogen and oxygen atoms in total. The first kappa shape index (κ1) is 17.5. The number of hydrogen-bond donors (Lipinski definition) is 1. The summed E-state index contributed by atoms with van der Waals surface area (Å²) < 4.78 is 10.3. The number of rotatable bonds is 6. The van der Waals surface area contributed by atoms with E-state index in [0.29, 0.717) is 17.9 Å². The molecule has 0 heterocycles. The van der Waals surface area contributed by atoms with E-state index in [0.717, 1.165) is 16.8 Å². The van der Waals surface area contributed by atoms with Gasteiger partial charge in [-0.2, -0.15) is 0 Å². The van der Waals surface area contributed by atoms with E-state index >= 15 is 0 Å². The summed E-state index contributed by atoms with van der Waals surface area (Å²) in [7, 11) is 0. The third kappa shape index (κ3) is 5.12. The Balaban J connectivity index is 1.88. The third-order valence-corrected chi connectivity index (χ3v) is 3.24. The van der Waals surface area contributed by atoms with Crippen LogP contribution in [0, 0.1) is 13.8 Å². The lowest BCUT2D eigenvalue weighted by Gasteiger charge is -2.09. The molecule has 0 saturated carbocycles. The van der Waals surface area contributed by atoms with Gasteiger partial charge >= 0.3 is 5.97 Å². The number of aryl methyl sites for hydroxylation is 2. The van der Waals surface area contributed by atoms with Gasteiger partial charge < -0.3 is 14.8 Å². The van der Waals surface area contributed by atoms with Crippen LogP contribution in [-0.4, -0.2) is 25.1 Å². The van der Waals surface area contributed by atoms with E-state index in [1.807, 2.05) is 32.0 Å². The average Bonchev–Trinajstić information content (AvgIpc) is 2.52. The molecule has 1 amide bonds. The molecule has 126 valence electrons. The second-order valence-electron chi connectivity index (χ2n) is 5.46. The fraction of sp³-hybridized carbons (Fsp3) is 0.263. The molecule has 0 fully saturated rings. The summed E-state index contributed by atoms with van der Waals surface area (Å²) >= 11 is 0. The van der Waals surface area contributed by atoms with Crippen LogP contribution >= 0.6 is 0 Å². The Hall–Kier alpha value is -2.82. The fourth-order valence-electron chi connectivity index (χ4n) is 2.29. The van der Waals surface area contributed by atoms with Crippen LogP contribution in [0.2, 0.25) is 0 Å². The number of nitrogens with one attached hydrogen (secondary N) is 1. The van der Waals surface area contributed by atoms with Gasteiger partial charge in [0.05, 0.1) is 12.2 Å². The van der Waals surface area contributed by atoms with Crippen molar-refractivity contribution in [3.8, 4) is 5.75 Å². The number of amides is 1. The Kier molecular flexibility index (Phi) is 5.95. The van der Waals surface area contributed by atoms with Crippen molar-refractivity contribution in [1.29, 1.82) is 0 Å². The van der Waals surface area contributed by atoms with Crippen molar-refractivity contribution in [2.24, 2.45) is 0 Å². The Morgan fingerprint density at radius 2 is 1.62 bits per heavy atom. The lowest BCUT2D eigenvalue weighted by atomic mass is 10.1. The molecule has 0 aliphatic heterocycles. The summed E-state index contributed by atoms with van der Waals surface area (Å²) in [6.45, 7) is 5.93. The molecule has 5 heteroatoms. The Labute approximate surface area is 141 Å². The van der Waals surface area contributed by atoms with Crippen molar-refractivity contribution in [3.05, 3.63) is 59.2 Å². The predicted molar refractivity (Wildman–Crippen MR) is 92.4 cm³/mol. The molecule has 0 aliphatic rings. The molecule has 1 N–H and O–H groups in total. The van der Waals surface area contributed by atoms with Crippen LogP contribution in [0.5, 0.6) is 5.75 Å². The lowest BCUT2D eigenvalue weighted by Crippen LogP contribution is -2.20. The smallest absolute Gasteiger partial charge is 0.338 e. The van der Waals surface area contributed by atoms with Crippen molar-refractivity contribution >= 4 is 17.6 Å². The quantitative estimate of drug-likeness (QED) is 0.825. The molecule has 0 saturated heterocycles. The van der Waals surface area contributed by atoms with E-state index in [1.54, 1.807) is 31.2 Å². The summed E-state index contributed by atoms with van der Waals surface area (Å²) in [6.07, 6.45) is 0. The van der Waals surface area contributed by atoms with Gasteiger partial charge in [0.2, 0.25) is 0 Å². The highest BCUT2D eigenvalue weighted by Crippen LogP contribution is 2.15. The van der Waals surface area contributed by atoms with Crippen LogP contribution in [0.1, 0.15) is 28.4 Å². The molecule has 2 aromatic carbocycles. The van der Waals surface area contributed by atoms with Crippen LogP contribution in [-0.2, 0) is 9.53 Å². The van der Waals surface area contributed by atoms with E-state index in [1.165, 1.54) is 0 Å². The molecule has 0 spiro atoms. The molecule has 0 unspecified atom stereocenters. The Morgan fingerprint density at radius 3 is 2.21 bits per heavy atom. The number of carbonyl (C=O) groups excluding carboxylic acids is 2. The van der Waals surface area contributed by atoms with Gasteiger partial charge in [0.15, 0.2) is 6.61 Å². The summed E-state index contributed by atoms with van der Waals surface area (Å²) in [6, 6.07) is 12.3. The summed E-state index contributed by atoms with van der Waals surface area (Å²) in [4.78, 5) is 23.5. The normalized spacial score (nSPS) is 10.1. The maximum absolute atomic E-state index is 12.0. The van der Waals surface area contributed by atoms with E-state index in [9.17, 15) is 9.59 Å². The first-order valence-electron chi connectivity index (χ1n) is 7.76. The van der Waals surface area contributed by atoms with Crippen molar-refractivity contribution in [3.63, 3.8) is 0 Å². The van der Waals surface area contributed by atoms with E-state index in [-0.39, 0.29) is 18.5 Å². The van der Waals surface area contributed by atoms with E-state index in [2.05, 4.69) is 5.32 Å². The minimum Gasteiger partial charge on any atom is -0.484 e. The van der Waals surface area contributed by atoms with Crippen LogP contribution in [0.15, 0.2) is 42.5 Å². The van der Waals surface area contributed by atoms with Gasteiger partial charge in [-0.1, -0.05) is 6.07 Å². The predicted octanol–water partition coefficient (Wildman–Crippen LogP) is 3.50. The number of anilines is 1. The zero-order chi connectivity index (χ0) is 17.5. The minimum absolute atomic E-state index is 0.105. The lowest BCUT2D eigenvalue weighted by molar-refractivity contribution is -0.118. The maximum atomic E-state index is 12.0. The van der Waals surface area contributed by atoms with E-state index in [4.69, 9.17) is 9.47 Å². The van der Waals surface area contributed by atoms with Crippen molar-refractivity contribution in [2.45, 2.75) is 20.8 Å². The molecule has 0 aromatic heterocycles. The van der Waals surface area contributed by atoms with Gasteiger partial charge in [0.25, 0.3) is 5.91 Å². The van der Waals surface area contributed by atoms with Gasteiger partial charge in [-0.05, 0) is 68.3 Å². The summed E-state index contributed by atoms with van der Waals surface area (Å²) in [5, 5.41) is 2.80. The second kappa shape index (κ2) is 8.15. The van der Waals surface area contributed by atoms with Gasteiger partial charge in [-0.25, -0.2) is 4.79 Å². The molecule has 24 heavy (non-hydrogen) atoms. The average molecular weight is 327 g/mol. The molecule has 0 bridgehead atoms. The highest BCUT2D eigenvalue weighted by Gasteiger charge is 2.08. The van der Waals surface area contributed by atoms with Gasteiger partial charge in [0.1, 0.15) is 5.75 Å². The maximum Gasteiger partial charge on any atom is 0.338 e. The van der Waals surface area contributed by atoms with Crippen LogP contribution in [0.3, 0.4) is 0 Å². The topological polar surface area (TPSA) is 64.6 Å². The Bertz CT molecular complexity index is 702. The van der Waals surface area contributed by atoms with Crippen LogP contribution in [0.4, 0.5) is 5.69 Å². The fourth-order valence-corrected chi connectivity index (χ4v) is 2.29. The first-order valence-corrected chi connectivity index (χ1v) is 7.76. The highest BCUT2D eigenvalue weighted by molar-refractivity contribution is 5.92. The molecule has 0 radical (unpaired) electrons. The monoisotopic (exact) mass is 327 g/mol. The highest BCUT2D eigenvalue weighted by atomic mass is 16.5. The van der Waals surface area contributed by atoms with Crippen molar-refractivity contribution in [2.75, 3.05) is 18.5 Å². The molecular weight excluding hydrogens is 306 g/mol. The summed E-state index contributed by atoms with van der Waals surface area (Å²) in [5.74, 6) is -0.107. The SMILES string of the molecule is CCOC(=O)c1ccc(OCC(=O)Nc2cc(C)cc(C)c2)cc1. The number of hydrogen-bond acceptors (Lipinski definition) is 4. The van der Waals surface area contributed by atoms with Crippen molar-refractivity contribution in [1.82, 2.24) is 0 Å². The molecular formula is C19H21NO4. The molecule has 0 atom stereocenters. The van der Waals surface area contributed by atoms with Gasteiger partial charge in [-0.15, -0.1) is 0 Å². The first-order chi connectivity index (χ1) is 11.5. The van der Waals surface area contributed by atoms with E-state index < -0.39 is 0 Å². The largest absolute Gasteiger partial charge is 0.484 e. The zero-order valence-electron chi connectivity index (χ0n) is 14.1. The third-order valence-electron chi connectivity index (χ3n) is 3.24. The number of carbonyl (C=O) groups is 2. The standard InChI is InChI=1S/C19H21NO4/c1-4-23-19(22)15-5-7-17(8-6-15)24-12-18(21)20-16-10-13(2)9-14(3)11-16/h5-11H,4,12H2,1-3H3,(H,20,21). The Morgan fingerprint density at radius 1 is 1.00 bits per heavy atom. The van der Waals surface area contributed by atoms with Gasteiger partial charge in [0, 0.05) is 5.69 Å². The van der Waals surface area contributed by atoms with Crippen molar-refractivity contribution < 1.29 is 19.1 Å². The number of ether oxygens (including phenoxy) is 2. The van der Waals surface area contributed by atoms with Crippen LogP contribution in [0.25, 0.3) is 0 Å². The minimum atomic E-state index is -0.378. The molecule has 2 rings (SSSR count). The molecule has 0 aliphatic carbocycles. The second-order valence-corrected chi connectivity index (χ2v) is 5.46. The zero-order valence-corrected chi connectivity index (χ0v) is 14.1. The van der Waals surface area contributed by atoms with Gasteiger partial charge in [-0.3, -0.25) is 4.79 Å². The number of esters is 1. The van der Waals surface area contributed by atoms with Crippen LogP contribution < -0.4 is 10.1 Å².